The fourth-order valence-electron chi connectivity index (χ4n) is 2.29. The Balaban J connectivity index is -0.0000000986. The van der Waals surface area contributed by atoms with Crippen molar-refractivity contribution in [2.24, 2.45) is 0 Å². The van der Waals surface area contributed by atoms with Crippen molar-refractivity contribution in [3.8, 4) is 0 Å². The Morgan fingerprint density at radius 2 is 0.756 bits per heavy atom. The molecule has 0 saturated carbocycles. The van der Waals surface area contributed by atoms with E-state index in [0.29, 0.717) is 3.71 Å². The van der Waals surface area contributed by atoms with Gasteiger partial charge in [-0.25, -0.2) is 38.4 Å². The van der Waals surface area contributed by atoms with Crippen LogP contribution in [-0.2, 0) is 40.1 Å². The number of nitrogens with one attached hydrogen (secondary N) is 1. The standard InChI is InChI=1S/C6H15NO4S2.C6H15NO2S.C5H13NO2S.3C3H6/c1-6(2,3)7(12(4,8)9)13(5,10)11;1-6(2,3)7(4)10(5,8)9;1-5(2,3)6-9(4,7)8;3*1-3-2/h1-5H3;1-5H3;6H,1-4H3;3*3H,1H2,2H3. The minimum Gasteiger partial charge on any atom is -0.213 e. The molecule has 0 radical (unpaired) electrons. The molecule has 0 aromatic carbocycles. The molecule has 0 amide bonds. The second-order valence-corrected chi connectivity index (χ2v) is 19.3. The van der Waals surface area contributed by atoms with E-state index < -0.39 is 45.6 Å². The smallest absolute Gasteiger partial charge is 0.213 e. The van der Waals surface area contributed by atoms with E-state index in [2.05, 4.69) is 24.5 Å². The summed E-state index contributed by atoms with van der Waals surface area (Å²) in [5.41, 5.74) is -1.62. The zero-order valence-electron chi connectivity index (χ0n) is 28.6. The average molecular weight is 672 g/mol. The highest BCUT2D eigenvalue weighted by atomic mass is 32.3. The van der Waals surface area contributed by atoms with Gasteiger partial charge in [0, 0.05) is 23.7 Å². The highest BCUT2D eigenvalue weighted by Gasteiger charge is 2.37. The molecule has 0 aliphatic rings. The lowest BCUT2D eigenvalue weighted by atomic mass is 10.1. The van der Waals surface area contributed by atoms with Gasteiger partial charge in [-0.15, -0.1) is 19.7 Å². The molecule has 0 fully saturated rings. The molecule has 0 bridgehead atoms. The normalized spacial score (nSPS) is 12.2. The van der Waals surface area contributed by atoms with Gasteiger partial charge in [-0.2, -0.15) is 4.31 Å². The summed E-state index contributed by atoms with van der Waals surface area (Å²) >= 11 is 0. The minimum atomic E-state index is -3.73. The van der Waals surface area contributed by atoms with Crippen molar-refractivity contribution in [2.75, 3.05) is 32.1 Å². The molecule has 0 spiro atoms. The summed E-state index contributed by atoms with van der Waals surface area (Å²) in [5.74, 6) is 0. The van der Waals surface area contributed by atoms with Crippen molar-refractivity contribution in [1.29, 1.82) is 0 Å². The van der Waals surface area contributed by atoms with Crippen molar-refractivity contribution < 1.29 is 33.7 Å². The third-order valence-electron chi connectivity index (χ3n) is 3.08. The zero-order valence-corrected chi connectivity index (χ0v) is 31.9. The van der Waals surface area contributed by atoms with Crippen LogP contribution in [0.15, 0.2) is 38.0 Å². The number of hydrogen-bond acceptors (Lipinski definition) is 8. The van der Waals surface area contributed by atoms with Gasteiger partial charge in [0.05, 0.1) is 25.0 Å². The number of hydrogen-bond donors (Lipinski definition) is 1. The van der Waals surface area contributed by atoms with Gasteiger partial charge in [0.25, 0.3) is 0 Å². The molecule has 0 saturated heterocycles. The molecule has 41 heavy (non-hydrogen) atoms. The second-order valence-electron chi connectivity index (χ2n) is 11.6. The van der Waals surface area contributed by atoms with Crippen LogP contribution < -0.4 is 4.72 Å². The monoisotopic (exact) mass is 671 g/mol. The fraction of sp³-hybridized carbons (Fsp3) is 0.769. The summed E-state index contributed by atoms with van der Waals surface area (Å²) in [5, 5.41) is 0. The van der Waals surface area contributed by atoms with Crippen molar-refractivity contribution in [3.63, 3.8) is 0 Å². The van der Waals surface area contributed by atoms with Crippen LogP contribution in [0.2, 0.25) is 0 Å². The Bertz CT molecular complexity index is 1110. The van der Waals surface area contributed by atoms with E-state index in [1.807, 2.05) is 41.5 Å². The molecular formula is C26H61N3O8S4. The van der Waals surface area contributed by atoms with Crippen LogP contribution in [0.5, 0.6) is 0 Å². The molecule has 11 nitrogen and oxygen atoms in total. The second kappa shape index (κ2) is 21.6. The molecule has 0 aliphatic carbocycles. The van der Waals surface area contributed by atoms with Crippen molar-refractivity contribution in [2.45, 2.75) is 99.7 Å². The Kier molecular flexibility index (Phi) is 27.6. The summed E-state index contributed by atoms with van der Waals surface area (Å²) in [7, 11) is -12.0. The fourth-order valence-corrected chi connectivity index (χ4v) is 8.36. The largest absolute Gasteiger partial charge is 0.224 e. The Labute approximate surface area is 255 Å². The van der Waals surface area contributed by atoms with Crippen LogP contribution in [0.1, 0.15) is 83.1 Å². The number of nitrogens with zero attached hydrogens (tertiary/aromatic N) is 2. The Hall–Kier alpha value is -1.10. The molecule has 0 atom stereocenters. The van der Waals surface area contributed by atoms with E-state index in [9.17, 15) is 33.7 Å². The minimum absolute atomic E-state index is 0.312. The molecule has 0 heterocycles. The predicted octanol–water partition coefficient (Wildman–Crippen LogP) is 4.59. The van der Waals surface area contributed by atoms with Crippen LogP contribution in [0.25, 0.3) is 0 Å². The first-order valence-corrected chi connectivity index (χ1v) is 19.8. The lowest BCUT2D eigenvalue weighted by Crippen LogP contribution is -2.48. The summed E-state index contributed by atoms with van der Waals surface area (Å²) in [6.45, 7) is 31.3. The van der Waals surface area contributed by atoms with Gasteiger partial charge >= 0.3 is 0 Å². The van der Waals surface area contributed by atoms with Gasteiger partial charge in [-0.1, -0.05) is 21.9 Å². The summed E-state index contributed by atoms with van der Waals surface area (Å²) < 4.78 is 91.9. The predicted molar refractivity (Wildman–Crippen MR) is 179 cm³/mol. The highest BCUT2D eigenvalue weighted by molar-refractivity contribution is 8.03. The van der Waals surface area contributed by atoms with Gasteiger partial charge < -0.3 is 0 Å². The topological polar surface area (TPSA) is 155 Å². The molecule has 0 aliphatic heterocycles. The van der Waals surface area contributed by atoms with E-state index in [1.54, 1.807) is 46.0 Å². The van der Waals surface area contributed by atoms with E-state index in [-0.39, 0.29) is 11.1 Å². The van der Waals surface area contributed by atoms with Gasteiger partial charge in [0.15, 0.2) is 0 Å². The maximum atomic E-state index is 11.2. The molecule has 252 valence electrons. The molecule has 0 aromatic heterocycles. The number of allylic oxidation sites excluding steroid dienone is 3. The van der Waals surface area contributed by atoms with Crippen molar-refractivity contribution >= 4 is 40.1 Å². The first-order valence-electron chi connectivity index (χ1n) is 12.3. The molecule has 0 aromatic rings. The van der Waals surface area contributed by atoms with Crippen LogP contribution in [0.4, 0.5) is 0 Å². The first-order chi connectivity index (χ1) is 17.5. The Morgan fingerprint density at radius 1 is 0.537 bits per heavy atom. The van der Waals surface area contributed by atoms with Gasteiger partial charge in [0.2, 0.25) is 40.1 Å². The van der Waals surface area contributed by atoms with Gasteiger partial charge in [-0.05, 0) is 83.1 Å². The molecule has 1 N–H and O–H groups in total. The lowest BCUT2D eigenvalue weighted by Gasteiger charge is -2.30. The number of sulfonamides is 4. The SMILES string of the molecule is C=CC.C=CC.C=CC.CC(C)(C)N(S(C)(=O)=O)S(C)(=O)=O.CC(C)(C)NS(C)(=O)=O.CN(C(C)(C)C)S(C)(=O)=O. The number of rotatable bonds is 4. The molecule has 0 unspecified atom stereocenters. The molecule has 0 rings (SSSR count). The van der Waals surface area contributed by atoms with E-state index >= 15 is 0 Å². The van der Waals surface area contributed by atoms with Crippen LogP contribution in [-0.4, -0.2) is 90.4 Å². The summed E-state index contributed by atoms with van der Waals surface area (Å²) in [4.78, 5) is 0. The summed E-state index contributed by atoms with van der Waals surface area (Å²) in [6.07, 6.45) is 9.36. The Morgan fingerprint density at radius 3 is 0.756 bits per heavy atom. The quantitative estimate of drug-likeness (QED) is 0.426. The summed E-state index contributed by atoms with van der Waals surface area (Å²) in [6, 6.07) is 0. The lowest BCUT2D eigenvalue weighted by molar-refractivity contribution is 0.294. The average Bonchev–Trinajstić information content (AvgIpc) is 2.55. The van der Waals surface area contributed by atoms with Crippen molar-refractivity contribution in [1.82, 2.24) is 12.7 Å². The highest BCUT2D eigenvalue weighted by Crippen LogP contribution is 2.20. The first kappa shape index (κ1) is 52.5. The maximum absolute atomic E-state index is 11.2. The van der Waals surface area contributed by atoms with Crippen LogP contribution in [0.3, 0.4) is 0 Å². The van der Waals surface area contributed by atoms with Gasteiger partial charge in [0.1, 0.15) is 0 Å². The van der Waals surface area contributed by atoms with E-state index in [4.69, 9.17) is 0 Å². The molecule has 15 heteroatoms. The third-order valence-corrected chi connectivity index (χ3v) is 9.53. The van der Waals surface area contributed by atoms with Crippen LogP contribution >= 0.6 is 0 Å². The van der Waals surface area contributed by atoms with Crippen molar-refractivity contribution in [3.05, 3.63) is 38.0 Å². The third kappa shape index (κ3) is 43.5. The zero-order chi connectivity index (χ0) is 35.5. The molecular weight excluding hydrogens is 611 g/mol. The maximum Gasteiger partial charge on any atom is 0.224 e. The van der Waals surface area contributed by atoms with E-state index in [1.165, 1.54) is 31.3 Å². The van der Waals surface area contributed by atoms with Crippen LogP contribution in [0, 0.1) is 0 Å². The van der Waals surface area contributed by atoms with E-state index in [0.717, 1.165) is 18.8 Å². The van der Waals surface area contributed by atoms with Gasteiger partial charge in [-0.3, -0.25) is 0 Å².